The average molecular weight is 448 g/mol. The van der Waals surface area contributed by atoms with E-state index in [1.807, 2.05) is 53.4 Å². The predicted molar refractivity (Wildman–Crippen MR) is 131 cm³/mol. The van der Waals surface area contributed by atoms with Gasteiger partial charge in [-0.15, -0.1) is 0 Å². The number of hydrogen-bond donors (Lipinski definition) is 1. The van der Waals surface area contributed by atoms with E-state index in [-0.39, 0.29) is 6.03 Å². The van der Waals surface area contributed by atoms with Crippen LogP contribution in [0.1, 0.15) is 5.56 Å². The van der Waals surface area contributed by atoms with Crippen molar-refractivity contribution in [2.45, 2.75) is 6.42 Å². The Kier molecular flexibility index (Phi) is 5.72. The molecule has 0 unspecified atom stereocenters. The van der Waals surface area contributed by atoms with Gasteiger partial charge in [0.2, 0.25) is 0 Å². The third-order valence-electron chi connectivity index (χ3n) is 6.23. The highest BCUT2D eigenvalue weighted by Crippen LogP contribution is 2.38. The first-order valence-electron chi connectivity index (χ1n) is 10.9. The molecule has 32 heavy (non-hydrogen) atoms. The second-order valence-corrected chi connectivity index (χ2v) is 8.75. The Morgan fingerprint density at radius 3 is 2.47 bits per heavy atom. The number of urea groups is 1. The Hall–Kier alpha value is -3.09. The van der Waals surface area contributed by atoms with E-state index in [2.05, 4.69) is 33.2 Å². The molecule has 164 valence electrons. The number of likely N-dealkylation sites (N-methyl/N-ethyl adjacent to an activating group) is 1. The van der Waals surface area contributed by atoms with Crippen LogP contribution in [-0.4, -0.2) is 55.7 Å². The van der Waals surface area contributed by atoms with Gasteiger partial charge in [0.15, 0.2) is 0 Å². The fraction of sp³-hybridized carbons (Fsp3) is 0.280. The first kappa shape index (κ1) is 20.8. The molecule has 1 N–H and O–H groups in total. The van der Waals surface area contributed by atoms with Gasteiger partial charge in [0.05, 0.1) is 22.1 Å². The first-order valence-corrected chi connectivity index (χ1v) is 11.3. The number of anilines is 3. The Morgan fingerprint density at radius 2 is 1.75 bits per heavy atom. The number of benzene rings is 2. The summed E-state index contributed by atoms with van der Waals surface area (Å²) in [7, 11) is 2.14. The largest absolute Gasteiger partial charge is 0.368 e. The van der Waals surface area contributed by atoms with Crippen molar-refractivity contribution >= 4 is 34.7 Å². The van der Waals surface area contributed by atoms with Crippen molar-refractivity contribution in [2.24, 2.45) is 0 Å². The number of fused-ring (bicyclic) bond motifs is 1. The van der Waals surface area contributed by atoms with Crippen LogP contribution in [0.25, 0.3) is 11.3 Å². The molecule has 2 aromatic carbocycles. The molecule has 0 saturated carbocycles. The van der Waals surface area contributed by atoms with Gasteiger partial charge in [0.1, 0.15) is 0 Å². The zero-order valence-electron chi connectivity index (χ0n) is 18.1. The van der Waals surface area contributed by atoms with Crippen LogP contribution in [0.3, 0.4) is 0 Å². The van der Waals surface area contributed by atoms with Crippen molar-refractivity contribution in [3.05, 3.63) is 71.4 Å². The molecule has 5 rings (SSSR count). The second-order valence-electron chi connectivity index (χ2n) is 8.35. The highest BCUT2D eigenvalue weighted by molar-refractivity contribution is 6.33. The highest BCUT2D eigenvalue weighted by Gasteiger charge is 2.28. The maximum atomic E-state index is 13.1. The topological polar surface area (TPSA) is 51.7 Å². The molecule has 0 bridgehead atoms. The molecule has 6 nitrogen and oxygen atoms in total. The maximum Gasteiger partial charge on any atom is 0.326 e. The van der Waals surface area contributed by atoms with Crippen LogP contribution in [0.2, 0.25) is 5.02 Å². The van der Waals surface area contributed by atoms with Crippen LogP contribution < -0.4 is 15.1 Å². The number of carbonyl (C=O) groups is 1. The normalized spacial score (nSPS) is 16.2. The SMILES string of the molecule is CN1CCN(c2cc3c(cc2Cl)CCN3C(=O)Nc2ccc(-c3ccccn3)cc2)CC1. The van der Waals surface area contributed by atoms with Crippen molar-refractivity contribution in [1.82, 2.24) is 9.88 Å². The molecule has 2 amide bonds. The monoisotopic (exact) mass is 447 g/mol. The van der Waals surface area contributed by atoms with Crippen LogP contribution in [0.4, 0.5) is 21.9 Å². The highest BCUT2D eigenvalue weighted by atomic mass is 35.5. The molecule has 1 saturated heterocycles. The lowest BCUT2D eigenvalue weighted by Crippen LogP contribution is -2.44. The van der Waals surface area contributed by atoms with Crippen LogP contribution in [0, 0.1) is 0 Å². The summed E-state index contributed by atoms with van der Waals surface area (Å²) in [6.45, 7) is 4.53. The molecule has 0 atom stereocenters. The molecule has 2 aliphatic heterocycles. The number of piperazine rings is 1. The van der Waals surface area contributed by atoms with Crippen molar-refractivity contribution < 1.29 is 4.79 Å². The summed E-state index contributed by atoms with van der Waals surface area (Å²) < 4.78 is 0. The molecule has 0 spiro atoms. The van der Waals surface area contributed by atoms with E-state index in [0.29, 0.717) is 6.54 Å². The van der Waals surface area contributed by atoms with Crippen molar-refractivity contribution in [3.8, 4) is 11.3 Å². The minimum atomic E-state index is -0.124. The lowest BCUT2D eigenvalue weighted by atomic mass is 10.1. The Labute approximate surface area is 193 Å². The molecule has 3 aromatic rings. The van der Waals surface area contributed by atoms with E-state index in [1.54, 1.807) is 6.20 Å². The molecule has 3 heterocycles. The Bertz CT molecular complexity index is 1110. The average Bonchev–Trinajstić information content (AvgIpc) is 3.23. The summed E-state index contributed by atoms with van der Waals surface area (Å²) in [5.74, 6) is 0. The summed E-state index contributed by atoms with van der Waals surface area (Å²) in [6.07, 6.45) is 2.59. The first-order chi connectivity index (χ1) is 15.6. The minimum absolute atomic E-state index is 0.124. The number of pyridine rings is 1. The van der Waals surface area contributed by atoms with Gasteiger partial charge in [-0.2, -0.15) is 0 Å². The number of halogens is 1. The summed E-state index contributed by atoms with van der Waals surface area (Å²) in [5.41, 5.74) is 5.77. The predicted octanol–water partition coefficient (Wildman–Crippen LogP) is 4.75. The van der Waals surface area contributed by atoms with E-state index in [9.17, 15) is 4.79 Å². The zero-order valence-corrected chi connectivity index (χ0v) is 18.8. The number of hydrogen-bond acceptors (Lipinski definition) is 4. The summed E-state index contributed by atoms with van der Waals surface area (Å²) in [5, 5.41) is 3.80. The van der Waals surface area contributed by atoms with Crippen molar-refractivity contribution in [1.29, 1.82) is 0 Å². The van der Waals surface area contributed by atoms with E-state index in [0.717, 1.165) is 71.5 Å². The van der Waals surface area contributed by atoms with Gasteiger partial charge >= 0.3 is 6.03 Å². The van der Waals surface area contributed by atoms with Gasteiger partial charge in [-0.25, -0.2) is 4.79 Å². The fourth-order valence-corrected chi connectivity index (χ4v) is 4.65. The number of amides is 2. The van der Waals surface area contributed by atoms with E-state index in [1.165, 1.54) is 0 Å². The molecule has 2 aliphatic rings. The minimum Gasteiger partial charge on any atom is -0.368 e. The third-order valence-corrected chi connectivity index (χ3v) is 6.53. The van der Waals surface area contributed by atoms with E-state index >= 15 is 0 Å². The number of nitrogens with zero attached hydrogens (tertiary/aromatic N) is 4. The molecule has 7 heteroatoms. The van der Waals surface area contributed by atoms with Crippen LogP contribution in [0.5, 0.6) is 0 Å². The zero-order chi connectivity index (χ0) is 22.1. The summed E-state index contributed by atoms with van der Waals surface area (Å²) in [6, 6.07) is 17.6. The molecule has 0 aliphatic carbocycles. The molecular formula is C25H26ClN5O. The summed E-state index contributed by atoms with van der Waals surface area (Å²) in [4.78, 5) is 23.9. The van der Waals surface area contributed by atoms with Crippen molar-refractivity contribution in [2.75, 3.05) is 54.9 Å². The quantitative estimate of drug-likeness (QED) is 0.629. The summed E-state index contributed by atoms with van der Waals surface area (Å²) >= 11 is 6.62. The van der Waals surface area contributed by atoms with Crippen LogP contribution in [-0.2, 0) is 6.42 Å². The lowest BCUT2D eigenvalue weighted by Gasteiger charge is -2.35. The maximum absolute atomic E-state index is 13.1. The van der Waals surface area contributed by atoms with Gasteiger partial charge in [0, 0.05) is 50.2 Å². The van der Waals surface area contributed by atoms with Gasteiger partial charge in [-0.1, -0.05) is 29.8 Å². The standard InChI is InChI=1S/C25H26ClN5O/c1-29-12-14-30(15-13-29)24-17-23-19(16-21(24)26)9-11-31(23)25(32)28-20-7-5-18(6-8-20)22-4-2-3-10-27-22/h2-8,10,16-17H,9,11-15H2,1H3,(H,28,32). The van der Waals surface area contributed by atoms with Crippen LogP contribution >= 0.6 is 11.6 Å². The molecular weight excluding hydrogens is 422 g/mol. The number of carbonyl (C=O) groups excluding carboxylic acids is 1. The van der Waals surface area contributed by atoms with Gasteiger partial charge in [-0.3, -0.25) is 9.88 Å². The van der Waals surface area contributed by atoms with E-state index in [4.69, 9.17) is 11.6 Å². The van der Waals surface area contributed by atoms with Gasteiger partial charge < -0.3 is 15.1 Å². The van der Waals surface area contributed by atoms with E-state index < -0.39 is 0 Å². The smallest absolute Gasteiger partial charge is 0.326 e. The Balaban J connectivity index is 1.32. The molecule has 1 aromatic heterocycles. The molecule has 0 radical (unpaired) electrons. The number of nitrogens with one attached hydrogen (secondary N) is 1. The second kappa shape index (κ2) is 8.81. The van der Waals surface area contributed by atoms with Gasteiger partial charge in [-0.05, 0) is 55.4 Å². The van der Waals surface area contributed by atoms with Crippen molar-refractivity contribution in [3.63, 3.8) is 0 Å². The molecule has 1 fully saturated rings. The lowest BCUT2D eigenvalue weighted by molar-refractivity contribution is 0.257. The number of rotatable bonds is 3. The van der Waals surface area contributed by atoms with Gasteiger partial charge in [0.25, 0.3) is 0 Å². The third kappa shape index (κ3) is 4.16. The Morgan fingerprint density at radius 1 is 0.969 bits per heavy atom. The fourth-order valence-electron chi connectivity index (χ4n) is 4.35. The number of aromatic nitrogens is 1. The van der Waals surface area contributed by atoms with Crippen LogP contribution in [0.15, 0.2) is 60.8 Å².